The standard InChI is InChI=1S/C18H22N4O3/c1-13-11-17(22-7-9-25-10-8-22)21-16(20-13)12-19-18(23)14-3-5-15(24-2)6-4-14/h3-6,11H,7-10,12H2,1-2H3,(H,19,23). The van der Waals surface area contributed by atoms with Gasteiger partial charge in [0.05, 0.1) is 26.9 Å². The van der Waals surface area contributed by atoms with Crippen LogP contribution in [0.15, 0.2) is 30.3 Å². The van der Waals surface area contributed by atoms with Crippen molar-refractivity contribution in [3.63, 3.8) is 0 Å². The van der Waals surface area contributed by atoms with Crippen molar-refractivity contribution >= 4 is 11.7 Å². The third kappa shape index (κ3) is 4.45. The van der Waals surface area contributed by atoms with Crippen LogP contribution in [-0.2, 0) is 11.3 Å². The van der Waals surface area contributed by atoms with E-state index in [0.29, 0.717) is 30.4 Å². The molecule has 132 valence electrons. The number of nitrogens with one attached hydrogen (secondary N) is 1. The van der Waals surface area contributed by atoms with E-state index in [-0.39, 0.29) is 12.5 Å². The maximum Gasteiger partial charge on any atom is 0.251 e. The summed E-state index contributed by atoms with van der Waals surface area (Å²) in [7, 11) is 1.59. The Hall–Kier alpha value is -2.67. The largest absolute Gasteiger partial charge is 0.497 e. The molecular formula is C18H22N4O3. The second-order valence-corrected chi connectivity index (χ2v) is 5.79. The number of methoxy groups -OCH3 is 1. The first-order valence-electron chi connectivity index (χ1n) is 8.25. The fourth-order valence-electron chi connectivity index (χ4n) is 2.65. The van der Waals surface area contributed by atoms with E-state index < -0.39 is 0 Å². The Labute approximate surface area is 147 Å². The number of nitrogens with zero attached hydrogens (tertiary/aromatic N) is 3. The minimum atomic E-state index is -0.166. The average molecular weight is 342 g/mol. The summed E-state index contributed by atoms with van der Waals surface area (Å²) in [5, 5.41) is 2.86. The highest BCUT2D eigenvalue weighted by molar-refractivity contribution is 5.94. The van der Waals surface area contributed by atoms with Gasteiger partial charge in [-0.25, -0.2) is 9.97 Å². The number of hydrogen-bond acceptors (Lipinski definition) is 6. The van der Waals surface area contributed by atoms with Crippen molar-refractivity contribution in [2.75, 3.05) is 38.3 Å². The van der Waals surface area contributed by atoms with E-state index in [1.54, 1.807) is 31.4 Å². The van der Waals surface area contributed by atoms with Crippen molar-refractivity contribution < 1.29 is 14.3 Å². The third-order valence-electron chi connectivity index (χ3n) is 3.98. The summed E-state index contributed by atoms with van der Waals surface area (Å²) in [6, 6.07) is 8.93. The molecule has 25 heavy (non-hydrogen) atoms. The minimum Gasteiger partial charge on any atom is -0.497 e. The SMILES string of the molecule is COc1ccc(C(=O)NCc2nc(C)cc(N3CCOCC3)n2)cc1. The summed E-state index contributed by atoms with van der Waals surface area (Å²) in [6.07, 6.45) is 0. The Morgan fingerprint density at radius 2 is 1.96 bits per heavy atom. The molecule has 0 radical (unpaired) electrons. The molecule has 0 spiro atoms. The first-order valence-corrected chi connectivity index (χ1v) is 8.25. The zero-order valence-electron chi connectivity index (χ0n) is 14.5. The zero-order valence-corrected chi connectivity index (χ0v) is 14.5. The molecule has 1 aromatic carbocycles. The zero-order chi connectivity index (χ0) is 17.6. The second kappa shape index (κ2) is 7.94. The Kier molecular flexibility index (Phi) is 5.45. The lowest BCUT2D eigenvalue weighted by atomic mass is 10.2. The number of aromatic nitrogens is 2. The lowest BCUT2D eigenvalue weighted by molar-refractivity contribution is 0.0950. The van der Waals surface area contributed by atoms with Crippen LogP contribution < -0.4 is 15.0 Å². The van der Waals surface area contributed by atoms with Gasteiger partial charge in [0.15, 0.2) is 0 Å². The van der Waals surface area contributed by atoms with Gasteiger partial charge in [0.2, 0.25) is 0 Å². The van der Waals surface area contributed by atoms with Crippen molar-refractivity contribution in [1.82, 2.24) is 15.3 Å². The molecule has 1 aliphatic rings. The third-order valence-corrected chi connectivity index (χ3v) is 3.98. The van der Waals surface area contributed by atoms with Gasteiger partial charge in [-0.2, -0.15) is 0 Å². The van der Waals surface area contributed by atoms with Crippen molar-refractivity contribution in [2.45, 2.75) is 13.5 Å². The molecule has 7 heteroatoms. The van der Waals surface area contributed by atoms with Gasteiger partial charge >= 0.3 is 0 Å². The van der Waals surface area contributed by atoms with E-state index in [1.807, 2.05) is 13.0 Å². The summed E-state index contributed by atoms with van der Waals surface area (Å²) in [6.45, 7) is 5.24. The summed E-state index contributed by atoms with van der Waals surface area (Å²) in [5.74, 6) is 2.03. The van der Waals surface area contributed by atoms with Crippen LogP contribution in [0.4, 0.5) is 5.82 Å². The molecule has 0 atom stereocenters. The molecule has 2 heterocycles. The molecule has 0 bridgehead atoms. The summed E-state index contributed by atoms with van der Waals surface area (Å²) in [4.78, 5) is 23.4. The van der Waals surface area contributed by atoms with Crippen molar-refractivity contribution in [2.24, 2.45) is 0 Å². The number of carbonyl (C=O) groups is 1. The molecule has 7 nitrogen and oxygen atoms in total. The van der Waals surface area contributed by atoms with E-state index in [4.69, 9.17) is 9.47 Å². The van der Waals surface area contributed by atoms with Crippen LogP contribution in [0, 0.1) is 6.92 Å². The minimum absolute atomic E-state index is 0.166. The maximum absolute atomic E-state index is 12.3. The molecule has 2 aromatic rings. The van der Waals surface area contributed by atoms with Gasteiger partial charge in [-0.05, 0) is 31.2 Å². The van der Waals surface area contributed by atoms with Crippen molar-refractivity contribution in [3.8, 4) is 5.75 Å². The quantitative estimate of drug-likeness (QED) is 0.889. The van der Waals surface area contributed by atoms with Crippen LogP contribution in [0.25, 0.3) is 0 Å². The maximum atomic E-state index is 12.3. The summed E-state index contributed by atoms with van der Waals surface area (Å²) < 4.78 is 10.5. The molecule has 1 N–H and O–H groups in total. The van der Waals surface area contributed by atoms with Crippen LogP contribution in [0.3, 0.4) is 0 Å². The smallest absolute Gasteiger partial charge is 0.251 e. The molecule has 0 saturated carbocycles. The van der Waals surface area contributed by atoms with Gasteiger partial charge in [0.1, 0.15) is 17.4 Å². The second-order valence-electron chi connectivity index (χ2n) is 5.79. The lowest BCUT2D eigenvalue weighted by Crippen LogP contribution is -2.37. The first-order chi connectivity index (χ1) is 12.2. The number of hydrogen-bond donors (Lipinski definition) is 1. The van der Waals surface area contributed by atoms with Gasteiger partial charge in [0, 0.05) is 30.4 Å². The van der Waals surface area contributed by atoms with Crippen molar-refractivity contribution in [1.29, 1.82) is 0 Å². The Balaban J connectivity index is 1.65. The summed E-state index contributed by atoms with van der Waals surface area (Å²) in [5.41, 5.74) is 1.45. The Bertz CT molecular complexity index is 728. The van der Waals surface area contributed by atoms with Crippen LogP contribution in [-0.4, -0.2) is 49.3 Å². The molecule has 1 fully saturated rings. The predicted molar refractivity (Wildman–Crippen MR) is 94.0 cm³/mol. The number of morpholine rings is 1. The topological polar surface area (TPSA) is 76.6 Å². The molecule has 1 aromatic heterocycles. The Morgan fingerprint density at radius 1 is 1.24 bits per heavy atom. The monoisotopic (exact) mass is 342 g/mol. The molecular weight excluding hydrogens is 320 g/mol. The number of anilines is 1. The van der Waals surface area contributed by atoms with E-state index >= 15 is 0 Å². The van der Waals surface area contributed by atoms with E-state index in [0.717, 1.165) is 24.6 Å². The predicted octanol–water partition coefficient (Wildman–Crippen LogP) is 1.56. The van der Waals surface area contributed by atoms with Gasteiger partial charge < -0.3 is 19.7 Å². The van der Waals surface area contributed by atoms with Gasteiger partial charge in [-0.15, -0.1) is 0 Å². The van der Waals surface area contributed by atoms with E-state index in [2.05, 4.69) is 20.2 Å². The number of amides is 1. The normalized spacial score (nSPS) is 14.2. The molecule has 1 amide bonds. The van der Waals surface area contributed by atoms with E-state index in [9.17, 15) is 4.79 Å². The highest BCUT2D eigenvalue weighted by Gasteiger charge is 2.14. The fourth-order valence-corrected chi connectivity index (χ4v) is 2.65. The number of carbonyl (C=O) groups excluding carboxylic acids is 1. The fraction of sp³-hybridized carbons (Fsp3) is 0.389. The first kappa shape index (κ1) is 17.2. The molecule has 1 aliphatic heterocycles. The highest BCUT2D eigenvalue weighted by Crippen LogP contribution is 2.15. The van der Waals surface area contributed by atoms with E-state index in [1.165, 1.54) is 0 Å². The van der Waals surface area contributed by atoms with Gasteiger partial charge in [0.25, 0.3) is 5.91 Å². The Morgan fingerprint density at radius 3 is 2.64 bits per heavy atom. The van der Waals surface area contributed by atoms with Crippen LogP contribution in [0.2, 0.25) is 0 Å². The van der Waals surface area contributed by atoms with Crippen LogP contribution >= 0.6 is 0 Å². The van der Waals surface area contributed by atoms with Crippen LogP contribution in [0.5, 0.6) is 5.75 Å². The van der Waals surface area contributed by atoms with Crippen molar-refractivity contribution in [3.05, 3.63) is 47.4 Å². The number of benzene rings is 1. The molecule has 0 unspecified atom stereocenters. The van der Waals surface area contributed by atoms with Gasteiger partial charge in [-0.1, -0.05) is 0 Å². The summed E-state index contributed by atoms with van der Waals surface area (Å²) >= 11 is 0. The number of rotatable bonds is 5. The number of ether oxygens (including phenoxy) is 2. The molecule has 1 saturated heterocycles. The average Bonchev–Trinajstić information content (AvgIpc) is 2.66. The van der Waals surface area contributed by atoms with Crippen LogP contribution in [0.1, 0.15) is 21.9 Å². The highest BCUT2D eigenvalue weighted by atomic mass is 16.5. The van der Waals surface area contributed by atoms with Gasteiger partial charge in [-0.3, -0.25) is 4.79 Å². The lowest BCUT2D eigenvalue weighted by Gasteiger charge is -2.28. The number of aryl methyl sites for hydroxylation is 1. The molecule has 3 rings (SSSR count). The molecule has 0 aliphatic carbocycles.